The highest BCUT2D eigenvalue weighted by Crippen LogP contribution is 2.21. The fourth-order valence-corrected chi connectivity index (χ4v) is 4.54. The standard InChI is InChI=1S/C23H23BrN2O3S/c1-18-7-9-20(10-8-18)16-26(30(28,29)22-13-11-21(24)12-14-22)17-23(27)25-15-19-5-3-2-4-6-19/h2-14H,15-17H2,1H3,(H,25,27). The predicted octanol–water partition coefficient (Wildman–Crippen LogP) is 4.26. The molecule has 0 aliphatic carbocycles. The number of hydrogen-bond acceptors (Lipinski definition) is 3. The Morgan fingerprint density at radius 1 is 0.900 bits per heavy atom. The smallest absolute Gasteiger partial charge is 0.243 e. The fourth-order valence-electron chi connectivity index (χ4n) is 2.89. The van der Waals surface area contributed by atoms with E-state index in [9.17, 15) is 13.2 Å². The van der Waals surface area contributed by atoms with E-state index in [1.165, 1.54) is 16.4 Å². The number of nitrogens with zero attached hydrogens (tertiary/aromatic N) is 1. The van der Waals surface area contributed by atoms with Gasteiger partial charge in [0.25, 0.3) is 0 Å². The van der Waals surface area contributed by atoms with Gasteiger partial charge in [-0.3, -0.25) is 4.79 Å². The van der Waals surface area contributed by atoms with Crippen LogP contribution < -0.4 is 5.32 Å². The summed E-state index contributed by atoms with van der Waals surface area (Å²) in [5, 5.41) is 2.80. The van der Waals surface area contributed by atoms with Gasteiger partial charge in [0, 0.05) is 17.6 Å². The summed E-state index contributed by atoms with van der Waals surface area (Å²) in [6.45, 7) is 2.16. The Bertz CT molecular complexity index is 1080. The third kappa shape index (κ3) is 6.01. The number of carbonyl (C=O) groups excluding carboxylic acids is 1. The molecule has 0 radical (unpaired) electrons. The van der Waals surface area contributed by atoms with Crippen LogP contribution in [0, 0.1) is 6.92 Å². The van der Waals surface area contributed by atoms with Crippen molar-refractivity contribution in [2.75, 3.05) is 6.54 Å². The zero-order valence-electron chi connectivity index (χ0n) is 16.6. The molecule has 0 aliphatic rings. The number of amides is 1. The summed E-state index contributed by atoms with van der Waals surface area (Å²) in [6, 6.07) is 23.5. The minimum atomic E-state index is -3.85. The van der Waals surface area contributed by atoms with Crippen LogP contribution in [0.3, 0.4) is 0 Å². The zero-order valence-corrected chi connectivity index (χ0v) is 19.0. The summed E-state index contributed by atoms with van der Waals surface area (Å²) >= 11 is 3.32. The predicted molar refractivity (Wildman–Crippen MR) is 121 cm³/mol. The Balaban J connectivity index is 1.80. The van der Waals surface area contributed by atoms with Crippen LogP contribution in [-0.2, 0) is 27.9 Å². The van der Waals surface area contributed by atoms with Crippen molar-refractivity contribution in [3.8, 4) is 0 Å². The van der Waals surface area contributed by atoms with Crippen molar-refractivity contribution >= 4 is 31.9 Å². The summed E-state index contributed by atoms with van der Waals surface area (Å²) in [6.07, 6.45) is 0. The highest BCUT2D eigenvalue weighted by molar-refractivity contribution is 9.10. The molecule has 3 aromatic carbocycles. The second kappa shape index (κ2) is 10.0. The number of rotatable bonds is 8. The monoisotopic (exact) mass is 486 g/mol. The number of carbonyl (C=O) groups is 1. The number of aryl methyl sites for hydroxylation is 1. The summed E-state index contributed by atoms with van der Waals surface area (Å²) in [5.74, 6) is -0.355. The van der Waals surface area contributed by atoms with Crippen LogP contribution in [0.2, 0.25) is 0 Å². The van der Waals surface area contributed by atoms with E-state index >= 15 is 0 Å². The fraction of sp³-hybridized carbons (Fsp3) is 0.174. The molecule has 3 rings (SSSR count). The Labute approximate surface area is 185 Å². The van der Waals surface area contributed by atoms with Gasteiger partial charge in [0.1, 0.15) is 0 Å². The molecule has 30 heavy (non-hydrogen) atoms. The van der Waals surface area contributed by atoms with Gasteiger partial charge in [-0.25, -0.2) is 8.42 Å². The van der Waals surface area contributed by atoms with Crippen molar-refractivity contribution in [2.24, 2.45) is 0 Å². The van der Waals surface area contributed by atoms with Crippen LogP contribution in [0.15, 0.2) is 88.2 Å². The molecule has 156 valence electrons. The average molecular weight is 487 g/mol. The largest absolute Gasteiger partial charge is 0.351 e. The maximum Gasteiger partial charge on any atom is 0.243 e. The van der Waals surface area contributed by atoms with Crippen LogP contribution in [0.4, 0.5) is 0 Å². The van der Waals surface area contributed by atoms with Gasteiger partial charge in [0.15, 0.2) is 0 Å². The Morgan fingerprint density at radius 2 is 1.53 bits per heavy atom. The third-order valence-corrected chi connectivity index (χ3v) is 6.92. The van der Waals surface area contributed by atoms with E-state index in [1.807, 2.05) is 61.5 Å². The van der Waals surface area contributed by atoms with Gasteiger partial charge in [0.2, 0.25) is 15.9 Å². The molecule has 0 aromatic heterocycles. The van der Waals surface area contributed by atoms with Crippen molar-refractivity contribution in [2.45, 2.75) is 24.9 Å². The maximum atomic E-state index is 13.3. The SMILES string of the molecule is Cc1ccc(CN(CC(=O)NCc2ccccc2)S(=O)(=O)c2ccc(Br)cc2)cc1. The lowest BCUT2D eigenvalue weighted by Crippen LogP contribution is -2.40. The van der Waals surface area contributed by atoms with E-state index in [0.29, 0.717) is 6.54 Å². The van der Waals surface area contributed by atoms with Gasteiger partial charge >= 0.3 is 0 Å². The van der Waals surface area contributed by atoms with Crippen molar-refractivity contribution in [1.82, 2.24) is 9.62 Å². The van der Waals surface area contributed by atoms with Crippen LogP contribution in [0.5, 0.6) is 0 Å². The quantitative estimate of drug-likeness (QED) is 0.516. The molecule has 7 heteroatoms. The molecular formula is C23H23BrN2O3S. The van der Waals surface area contributed by atoms with Crippen LogP contribution in [-0.4, -0.2) is 25.2 Å². The lowest BCUT2D eigenvalue weighted by molar-refractivity contribution is -0.121. The molecule has 0 bridgehead atoms. The van der Waals surface area contributed by atoms with Crippen LogP contribution >= 0.6 is 15.9 Å². The van der Waals surface area contributed by atoms with E-state index < -0.39 is 10.0 Å². The Morgan fingerprint density at radius 3 is 2.17 bits per heavy atom. The molecule has 0 saturated heterocycles. The first-order chi connectivity index (χ1) is 14.3. The molecule has 0 fully saturated rings. The normalized spacial score (nSPS) is 11.4. The summed E-state index contributed by atoms with van der Waals surface area (Å²) in [5.41, 5.74) is 2.85. The van der Waals surface area contributed by atoms with E-state index in [-0.39, 0.29) is 23.9 Å². The minimum absolute atomic E-state index is 0.109. The van der Waals surface area contributed by atoms with Gasteiger partial charge in [-0.1, -0.05) is 76.1 Å². The Hall–Kier alpha value is -2.48. The van der Waals surface area contributed by atoms with Gasteiger partial charge < -0.3 is 5.32 Å². The molecule has 0 heterocycles. The first-order valence-corrected chi connectivity index (χ1v) is 11.7. The first-order valence-electron chi connectivity index (χ1n) is 9.46. The van der Waals surface area contributed by atoms with Crippen molar-refractivity contribution < 1.29 is 13.2 Å². The molecule has 1 amide bonds. The first kappa shape index (κ1) is 22.2. The lowest BCUT2D eigenvalue weighted by atomic mass is 10.1. The van der Waals surface area contributed by atoms with Crippen LogP contribution in [0.25, 0.3) is 0 Å². The van der Waals surface area contributed by atoms with Crippen LogP contribution in [0.1, 0.15) is 16.7 Å². The van der Waals surface area contributed by atoms with E-state index in [0.717, 1.165) is 21.2 Å². The molecule has 1 N–H and O–H groups in total. The number of nitrogens with one attached hydrogen (secondary N) is 1. The highest BCUT2D eigenvalue weighted by atomic mass is 79.9. The molecule has 0 atom stereocenters. The molecule has 0 saturated carbocycles. The molecule has 0 unspecified atom stereocenters. The molecular weight excluding hydrogens is 464 g/mol. The Kier molecular flexibility index (Phi) is 7.42. The van der Waals surface area contributed by atoms with Crippen molar-refractivity contribution in [3.63, 3.8) is 0 Å². The summed E-state index contributed by atoms with van der Waals surface area (Å²) in [4.78, 5) is 12.7. The summed E-state index contributed by atoms with van der Waals surface area (Å²) < 4.78 is 28.5. The lowest BCUT2D eigenvalue weighted by Gasteiger charge is -2.22. The second-order valence-corrected chi connectivity index (χ2v) is 9.83. The van der Waals surface area contributed by atoms with E-state index in [1.54, 1.807) is 12.1 Å². The second-order valence-electron chi connectivity index (χ2n) is 6.97. The highest BCUT2D eigenvalue weighted by Gasteiger charge is 2.27. The topological polar surface area (TPSA) is 66.5 Å². The van der Waals surface area contributed by atoms with E-state index in [2.05, 4.69) is 21.2 Å². The number of sulfonamides is 1. The number of benzene rings is 3. The van der Waals surface area contributed by atoms with Gasteiger partial charge in [0.05, 0.1) is 11.4 Å². The molecule has 0 aliphatic heterocycles. The maximum absolute atomic E-state index is 13.3. The summed E-state index contributed by atoms with van der Waals surface area (Å²) in [7, 11) is -3.85. The number of halogens is 1. The van der Waals surface area contributed by atoms with E-state index in [4.69, 9.17) is 0 Å². The minimum Gasteiger partial charge on any atom is -0.351 e. The van der Waals surface area contributed by atoms with Crippen molar-refractivity contribution in [3.05, 3.63) is 100 Å². The van der Waals surface area contributed by atoms with Gasteiger partial charge in [-0.15, -0.1) is 0 Å². The third-order valence-electron chi connectivity index (χ3n) is 4.58. The molecule has 0 spiro atoms. The molecule has 3 aromatic rings. The van der Waals surface area contributed by atoms with Gasteiger partial charge in [-0.2, -0.15) is 4.31 Å². The molecule has 5 nitrogen and oxygen atoms in total. The van der Waals surface area contributed by atoms with Gasteiger partial charge in [-0.05, 0) is 42.3 Å². The average Bonchev–Trinajstić information content (AvgIpc) is 2.74. The number of hydrogen-bond donors (Lipinski definition) is 1. The van der Waals surface area contributed by atoms with Crippen molar-refractivity contribution in [1.29, 1.82) is 0 Å². The zero-order chi connectivity index (χ0) is 21.6.